The summed E-state index contributed by atoms with van der Waals surface area (Å²) < 4.78 is 12.9. The maximum Gasteiger partial charge on any atom is 0.269 e. The Morgan fingerprint density at radius 2 is 1.77 bits per heavy atom. The molecule has 1 heterocycles. The van der Waals surface area contributed by atoms with E-state index >= 15 is 0 Å². The molecule has 4 nitrogen and oxygen atoms in total. The summed E-state index contributed by atoms with van der Waals surface area (Å²) in [6, 6.07) is 15.3. The molecule has 0 bridgehead atoms. The van der Waals surface area contributed by atoms with Crippen LogP contribution in [0.3, 0.4) is 0 Å². The average molecular weight is 313 g/mol. The number of halogens is 1. The van der Waals surface area contributed by atoms with Crippen molar-refractivity contribution in [2.24, 2.45) is 5.10 Å². The van der Waals surface area contributed by atoms with Gasteiger partial charge in [0.1, 0.15) is 12.4 Å². The van der Waals surface area contributed by atoms with Crippen molar-refractivity contribution < 1.29 is 9.18 Å². The van der Waals surface area contributed by atoms with Crippen LogP contribution in [0.15, 0.2) is 59.7 Å². The van der Waals surface area contributed by atoms with Crippen molar-refractivity contribution >= 4 is 35.1 Å². The third-order valence-corrected chi connectivity index (χ3v) is 3.60. The van der Waals surface area contributed by atoms with Gasteiger partial charge in [-0.25, -0.2) is 4.39 Å². The molecule has 0 N–H and O–H groups in total. The first-order chi connectivity index (χ1) is 10.6. The van der Waals surface area contributed by atoms with E-state index in [1.807, 2.05) is 30.3 Å². The normalized spacial score (nSPS) is 15.1. The molecule has 0 unspecified atom stereocenters. The van der Waals surface area contributed by atoms with Crippen molar-refractivity contribution in [2.45, 2.75) is 0 Å². The highest BCUT2D eigenvalue weighted by Crippen LogP contribution is 2.21. The topological polar surface area (TPSA) is 35.9 Å². The maximum atomic E-state index is 12.9. The SMILES string of the molecule is O=C1CN(c2ccccc2)C(=S)N1/N=C\c1ccc(F)cc1. The van der Waals surface area contributed by atoms with E-state index in [1.54, 1.807) is 17.0 Å². The largest absolute Gasteiger partial charge is 0.308 e. The Morgan fingerprint density at radius 1 is 1.09 bits per heavy atom. The summed E-state index contributed by atoms with van der Waals surface area (Å²) in [6.45, 7) is 0.156. The maximum absolute atomic E-state index is 12.9. The summed E-state index contributed by atoms with van der Waals surface area (Å²) in [4.78, 5) is 13.8. The van der Waals surface area contributed by atoms with E-state index < -0.39 is 0 Å². The van der Waals surface area contributed by atoms with Crippen molar-refractivity contribution in [3.63, 3.8) is 0 Å². The van der Waals surface area contributed by atoms with E-state index in [0.29, 0.717) is 10.7 Å². The van der Waals surface area contributed by atoms with Gasteiger partial charge in [-0.15, -0.1) is 0 Å². The van der Waals surface area contributed by atoms with E-state index in [1.165, 1.54) is 23.4 Å². The molecule has 1 saturated heterocycles. The molecule has 2 aromatic rings. The van der Waals surface area contributed by atoms with Crippen LogP contribution in [0.1, 0.15) is 5.56 Å². The standard InChI is InChI=1S/C16H12FN3OS/c17-13-8-6-12(7-9-13)10-18-20-15(21)11-19(16(20)22)14-4-2-1-3-5-14/h1-10H,11H2/b18-10-. The first-order valence-corrected chi connectivity index (χ1v) is 7.05. The average Bonchev–Trinajstić information content (AvgIpc) is 2.82. The molecule has 22 heavy (non-hydrogen) atoms. The minimum absolute atomic E-state index is 0.156. The Kier molecular flexibility index (Phi) is 3.93. The molecule has 0 radical (unpaired) electrons. The second-order valence-corrected chi connectivity index (χ2v) is 5.07. The molecule has 6 heteroatoms. The lowest BCUT2D eigenvalue weighted by Gasteiger charge is -2.17. The van der Waals surface area contributed by atoms with Crippen LogP contribution in [-0.2, 0) is 4.79 Å². The van der Waals surface area contributed by atoms with Gasteiger partial charge in [0.2, 0.25) is 5.11 Å². The second kappa shape index (κ2) is 6.03. The number of hydrazone groups is 1. The minimum Gasteiger partial charge on any atom is -0.308 e. The van der Waals surface area contributed by atoms with Crippen LogP contribution in [0.2, 0.25) is 0 Å². The molecule has 2 aromatic carbocycles. The van der Waals surface area contributed by atoms with Crippen LogP contribution in [-0.4, -0.2) is 28.8 Å². The fourth-order valence-corrected chi connectivity index (χ4v) is 2.41. The van der Waals surface area contributed by atoms with Gasteiger partial charge in [0.15, 0.2) is 0 Å². The van der Waals surface area contributed by atoms with Crippen LogP contribution in [0, 0.1) is 5.82 Å². The highest BCUT2D eigenvalue weighted by molar-refractivity contribution is 7.80. The predicted octanol–water partition coefficient (Wildman–Crippen LogP) is 2.79. The predicted molar refractivity (Wildman–Crippen MR) is 87.2 cm³/mol. The van der Waals surface area contributed by atoms with Crippen LogP contribution in [0.5, 0.6) is 0 Å². The number of nitrogens with zero attached hydrogens (tertiary/aromatic N) is 3. The van der Waals surface area contributed by atoms with Gasteiger partial charge in [-0.1, -0.05) is 30.3 Å². The molecular formula is C16H12FN3OS. The van der Waals surface area contributed by atoms with E-state index in [0.717, 1.165) is 5.69 Å². The number of thiocarbonyl (C=S) groups is 1. The summed E-state index contributed by atoms with van der Waals surface area (Å²) in [6.07, 6.45) is 1.48. The highest BCUT2D eigenvalue weighted by atomic mass is 32.1. The fraction of sp³-hybridized carbons (Fsp3) is 0.0625. The molecule has 3 rings (SSSR count). The molecule has 1 fully saturated rings. The van der Waals surface area contributed by atoms with Crippen LogP contribution in [0.25, 0.3) is 0 Å². The Morgan fingerprint density at radius 3 is 2.45 bits per heavy atom. The van der Waals surface area contributed by atoms with Crippen LogP contribution in [0.4, 0.5) is 10.1 Å². The molecule has 0 aliphatic carbocycles. The van der Waals surface area contributed by atoms with Gasteiger partial charge in [-0.2, -0.15) is 10.1 Å². The number of amides is 1. The van der Waals surface area contributed by atoms with Crippen molar-refractivity contribution in [2.75, 3.05) is 11.4 Å². The number of carbonyl (C=O) groups excluding carboxylic acids is 1. The number of benzene rings is 2. The molecule has 1 amide bonds. The number of anilines is 1. The van der Waals surface area contributed by atoms with Crippen LogP contribution >= 0.6 is 12.2 Å². The van der Waals surface area contributed by atoms with Gasteiger partial charge < -0.3 is 4.90 Å². The van der Waals surface area contributed by atoms with Crippen LogP contribution < -0.4 is 4.90 Å². The van der Waals surface area contributed by atoms with Gasteiger partial charge in [-0.3, -0.25) is 4.79 Å². The van der Waals surface area contributed by atoms with Gasteiger partial charge in [-0.05, 0) is 42.0 Å². The lowest BCUT2D eigenvalue weighted by molar-refractivity contribution is -0.124. The first-order valence-electron chi connectivity index (χ1n) is 6.64. The number of hydrogen-bond donors (Lipinski definition) is 0. The first kappa shape index (κ1) is 14.3. The molecule has 0 saturated carbocycles. The fourth-order valence-electron chi connectivity index (χ4n) is 2.09. The minimum atomic E-state index is -0.319. The summed E-state index contributed by atoms with van der Waals surface area (Å²) in [5.41, 5.74) is 1.54. The Balaban J connectivity index is 1.79. The zero-order valence-electron chi connectivity index (χ0n) is 11.5. The smallest absolute Gasteiger partial charge is 0.269 e. The van der Waals surface area contributed by atoms with E-state index in [9.17, 15) is 9.18 Å². The van der Waals surface area contributed by atoms with Gasteiger partial charge in [0, 0.05) is 5.69 Å². The quantitative estimate of drug-likeness (QED) is 0.646. The second-order valence-electron chi connectivity index (χ2n) is 4.71. The Labute approximate surface area is 132 Å². The Hall–Kier alpha value is -2.60. The lowest BCUT2D eigenvalue weighted by atomic mass is 10.2. The number of rotatable bonds is 3. The van der Waals surface area contributed by atoms with Crippen molar-refractivity contribution in [1.29, 1.82) is 0 Å². The molecule has 0 aromatic heterocycles. The zero-order valence-corrected chi connectivity index (χ0v) is 12.3. The van der Waals surface area contributed by atoms with E-state index in [4.69, 9.17) is 12.2 Å². The molecular weight excluding hydrogens is 301 g/mol. The van der Waals surface area contributed by atoms with Gasteiger partial charge in [0.05, 0.1) is 6.21 Å². The summed E-state index contributed by atoms with van der Waals surface area (Å²) in [5.74, 6) is -0.521. The molecule has 110 valence electrons. The van der Waals surface area contributed by atoms with Crippen molar-refractivity contribution in [3.05, 3.63) is 66.0 Å². The summed E-state index contributed by atoms with van der Waals surface area (Å²) in [7, 11) is 0. The lowest BCUT2D eigenvalue weighted by Crippen LogP contribution is -2.29. The summed E-state index contributed by atoms with van der Waals surface area (Å²) in [5, 5.41) is 5.63. The molecule has 1 aliphatic heterocycles. The Bertz CT molecular complexity index is 731. The van der Waals surface area contributed by atoms with Crippen molar-refractivity contribution in [3.8, 4) is 0 Å². The van der Waals surface area contributed by atoms with Gasteiger partial charge >= 0.3 is 0 Å². The van der Waals surface area contributed by atoms with E-state index in [-0.39, 0.29) is 18.3 Å². The molecule has 0 spiro atoms. The van der Waals surface area contributed by atoms with E-state index in [2.05, 4.69) is 5.10 Å². The number of para-hydroxylation sites is 1. The third-order valence-electron chi connectivity index (χ3n) is 3.20. The molecule has 1 aliphatic rings. The zero-order chi connectivity index (χ0) is 15.5. The number of hydrogen-bond acceptors (Lipinski definition) is 3. The molecule has 0 atom stereocenters. The van der Waals surface area contributed by atoms with Gasteiger partial charge in [0.25, 0.3) is 5.91 Å². The highest BCUT2D eigenvalue weighted by Gasteiger charge is 2.33. The summed E-state index contributed by atoms with van der Waals surface area (Å²) >= 11 is 5.31. The van der Waals surface area contributed by atoms with Crippen molar-refractivity contribution in [1.82, 2.24) is 5.01 Å². The monoisotopic (exact) mass is 313 g/mol. The number of carbonyl (C=O) groups is 1. The third kappa shape index (κ3) is 2.87.